The first kappa shape index (κ1) is 27.2. The Morgan fingerprint density at radius 1 is 0.974 bits per heavy atom. The Kier molecular flexibility index (Phi) is 9.02. The number of hydrogen-bond donors (Lipinski definition) is 1. The monoisotopic (exact) mass is 536 g/mol. The molecular weight excluding hydrogens is 504 g/mol. The number of aromatic nitrogens is 1. The number of nitrogens with zero attached hydrogens (tertiary/aromatic N) is 2. The minimum atomic E-state index is -0.902. The van der Waals surface area contributed by atoms with Crippen LogP contribution in [-0.2, 0) is 9.59 Å². The van der Waals surface area contributed by atoms with E-state index in [-0.39, 0.29) is 11.3 Å². The topological polar surface area (TPSA) is 98.2 Å². The number of aliphatic hydroxyl groups excluding tert-OH is 1. The summed E-state index contributed by atoms with van der Waals surface area (Å²) >= 11 is 1.24. The third kappa shape index (κ3) is 5.67. The van der Waals surface area contributed by atoms with E-state index < -0.39 is 17.7 Å². The molecule has 0 radical (unpaired) electrons. The van der Waals surface area contributed by atoms with E-state index >= 15 is 0 Å². The smallest absolute Gasteiger partial charge is 0.301 e. The van der Waals surface area contributed by atoms with E-state index in [0.29, 0.717) is 53.3 Å². The summed E-state index contributed by atoms with van der Waals surface area (Å²) in [5.74, 6) is -0.0640. The van der Waals surface area contributed by atoms with E-state index in [1.807, 2.05) is 13.8 Å². The zero-order valence-electron chi connectivity index (χ0n) is 21.8. The van der Waals surface area contributed by atoms with E-state index in [2.05, 4.69) is 11.9 Å². The van der Waals surface area contributed by atoms with Crippen LogP contribution in [0.2, 0.25) is 0 Å². The van der Waals surface area contributed by atoms with Gasteiger partial charge in [0.25, 0.3) is 5.78 Å². The predicted octanol–water partition coefficient (Wildman–Crippen LogP) is 6.14. The molecule has 0 spiro atoms. The van der Waals surface area contributed by atoms with Gasteiger partial charge in [-0.05, 0) is 61.7 Å². The number of rotatable bonds is 12. The minimum Gasteiger partial charge on any atom is -0.507 e. The molecule has 0 bridgehead atoms. The fraction of sp³-hybridized carbons (Fsp3) is 0.345. The average molecular weight is 537 g/mol. The maximum Gasteiger partial charge on any atom is 0.301 e. The Hall–Kier alpha value is -3.85. The average Bonchev–Trinajstić information content (AvgIpc) is 3.55. The minimum absolute atomic E-state index is 0.0190. The van der Waals surface area contributed by atoms with Crippen molar-refractivity contribution in [3.05, 3.63) is 70.7 Å². The molecule has 9 heteroatoms. The molecule has 2 heterocycles. The second-order valence-corrected chi connectivity index (χ2v) is 9.57. The summed E-state index contributed by atoms with van der Waals surface area (Å²) in [4.78, 5) is 32.3. The van der Waals surface area contributed by atoms with E-state index in [4.69, 9.17) is 14.2 Å². The van der Waals surface area contributed by atoms with E-state index in [9.17, 15) is 14.7 Å². The molecule has 1 unspecified atom stereocenters. The summed E-state index contributed by atoms with van der Waals surface area (Å²) in [5, 5.41) is 13.5. The fourth-order valence-electron chi connectivity index (χ4n) is 4.17. The summed E-state index contributed by atoms with van der Waals surface area (Å²) < 4.78 is 17.4. The van der Waals surface area contributed by atoms with Crippen LogP contribution in [0.1, 0.15) is 57.2 Å². The number of carbonyl (C=O) groups excluding carboxylic acids is 2. The van der Waals surface area contributed by atoms with Crippen LogP contribution in [0.4, 0.5) is 5.13 Å². The lowest BCUT2D eigenvalue weighted by atomic mass is 9.95. The number of hydrogen-bond acceptors (Lipinski definition) is 8. The summed E-state index contributed by atoms with van der Waals surface area (Å²) in [6, 6.07) is 11.2. The van der Waals surface area contributed by atoms with Crippen molar-refractivity contribution in [2.24, 2.45) is 0 Å². The van der Waals surface area contributed by atoms with Crippen molar-refractivity contribution in [2.75, 3.05) is 24.7 Å². The number of anilines is 1. The number of ketones is 1. The van der Waals surface area contributed by atoms with Crippen LogP contribution in [0.15, 0.2) is 59.6 Å². The molecule has 0 saturated carbocycles. The molecule has 38 heavy (non-hydrogen) atoms. The van der Waals surface area contributed by atoms with Gasteiger partial charge < -0.3 is 19.3 Å². The molecule has 1 amide bonds. The van der Waals surface area contributed by atoms with Gasteiger partial charge in [0.05, 0.1) is 31.4 Å². The van der Waals surface area contributed by atoms with Crippen LogP contribution in [-0.4, -0.2) is 41.6 Å². The molecule has 1 N–H and O–H groups in total. The number of ether oxygens (including phenoxy) is 3. The Labute approximate surface area is 226 Å². The standard InChI is InChI=1S/C29H32N2O6S/c1-4-7-16-37-22-13-10-20(18-23(22)35-6-3)25-24(27(33)28(34)31(25)29-30-14-17-38-29)26(32)19-8-11-21(12-9-19)36-15-5-2/h8-14,17-18,25,32H,4-7,15-16H2,1-3H3/b26-24+. The highest BCUT2D eigenvalue weighted by atomic mass is 32.1. The molecule has 3 aromatic rings. The Bertz CT molecular complexity index is 1290. The number of aliphatic hydroxyl groups is 1. The molecule has 4 rings (SSSR count). The molecule has 2 aromatic carbocycles. The first-order chi connectivity index (χ1) is 18.5. The first-order valence-electron chi connectivity index (χ1n) is 12.8. The van der Waals surface area contributed by atoms with Crippen molar-refractivity contribution in [1.82, 2.24) is 4.98 Å². The molecule has 200 valence electrons. The quantitative estimate of drug-likeness (QED) is 0.129. The van der Waals surface area contributed by atoms with Gasteiger partial charge in [0, 0.05) is 17.1 Å². The third-order valence-corrected chi connectivity index (χ3v) is 6.78. The Morgan fingerprint density at radius 3 is 2.42 bits per heavy atom. The lowest BCUT2D eigenvalue weighted by molar-refractivity contribution is -0.132. The van der Waals surface area contributed by atoms with Gasteiger partial charge in [0.2, 0.25) is 0 Å². The van der Waals surface area contributed by atoms with Crippen LogP contribution < -0.4 is 19.1 Å². The number of Topliss-reactive ketones (excluding diaryl/α,β-unsaturated/α-hetero) is 1. The maximum atomic E-state index is 13.4. The number of benzene rings is 2. The highest BCUT2D eigenvalue weighted by molar-refractivity contribution is 7.14. The molecule has 1 fully saturated rings. The molecule has 1 saturated heterocycles. The lowest BCUT2D eigenvalue weighted by Crippen LogP contribution is -2.29. The fourth-order valence-corrected chi connectivity index (χ4v) is 4.84. The second kappa shape index (κ2) is 12.6. The van der Waals surface area contributed by atoms with Crippen molar-refractivity contribution in [3.63, 3.8) is 0 Å². The number of unbranched alkanes of at least 4 members (excludes halogenated alkanes) is 1. The molecule has 1 aromatic heterocycles. The maximum absolute atomic E-state index is 13.4. The van der Waals surface area contributed by atoms with Gasteiger partial charge in [-0.1, -0.05) is 26.3 Å². The van der Waals surface area contributed by atoms with Crippen LogP contribution in [0, 0.1) is 0 Å². The van der Waals surface area contributed by atoms with Gasteiger partial charge in [-0.15, -0.1) is 11.3 Å². The summed E-state index contributed by atoms with van der Waals surface area (Å²) in [5.41, 5.74) is 0.977. The molecular formula is C29H32N2O6S. The van der Waals surface area contributed by atoms with Crippen LogP contribution >= 0.6 is 11.3 Å². The summed E-state index contributed by atoms with van der Waals surface area (Å²) in [6.07, 6.45) is 4.34. The highest BCUT2D eigenvalue weighted by Crippen LogP contribution is 2.44. The van der Waals surface area contributed by atoms with Crippen molar-refractivity contribution in [1.29, 1.82) is 0 Å². The normalized spacial score (nSPS) is 16.6. The SMILES string of the molecule is CCCCOc1ccc(C2/C(=C(\O)c3ccc(OCCC)cc3)C(=O)C(=O)N2c2nccs2)cc1OCC. The van der Waals surface area contributed by atoms with Gasteiger partial charge in [-0.3, -0.25) is 14.5 Å². The molecule has 1 aliphatic rings. The zero-order valence-corrected chi connectivity index (χ0v) is 22.6. The Balaban J connectivity index is 1.81. The van der Waals surface area contributed by atoms with Crippen molar-refractivity contribution in [2.45, 2.75) is 46.1 Å². The van der Waals surface area contributed by atoms with Gasteiger partial charge in [-0.2, -0.15) is 0 Å². The third-order valence-electron chi connectivity index (χ3n) is 6.01. The second-order valence-electron chi connectivity index (χ2n) is 8.70. The van der Waals surface area contributed by atoms with Crippen LogP contribution in [0.25, 0.3) is 5.76 Å². The molecule has 1 atom stereocenters. The van der Waals surface area contributed by atoms with E-state index in [1.165, 1.54) is 16.2 Å². The van der Waals surface area contributed by atoms with Crippen molar-refractivity contribution >= 4 is 33.9 Å². The summed E-state index contributed by atoms with van der Waals surface area (Å²) in [6.45, 7) is 7.51. The largest absolute Gasteiger partial charge is 0.507 e. The Morgan fingerprint density at radius 2 is 1.76 bits per heavy atom. The lowest BCUT2D eigenvalue weighted by Gasteiger charge is -2.24. The number of amides is 1. The predicted molar refractivity (Wildman–Crippen MR) is 147 cm³/mol. The molecule has 8 nitrogen and oxygen atoms in total. The van der Waals surface area contributed by atoms with E-state index in [1.54, 1.807) is 54.0 Å². The van der Waals surface area contributed by atoms with Crippen LogP contribution in [0.5, 0.6) is 17.2 Å². The van der Waals surface area contributed by atoms with Gasteiger partial charge >= 0.3 is 5.91 Å². The van der Waals surface area contributed by atoms with E-state index in [0.717, 1.165) is 19.3 Å². The van der Waals surface area contributed by atoms with Gasteiger partial charge in [0.1, 0.15) is 11.5 Å². The summed E-state index contributed by atoms with van der Waals surface area (Å²) in [7, 11) is 0. The zero-order chi connectivity index (χ0) is 27.1. The van der Waals surface area contributed by atoms with Gasteiger partial charge in [-0.25, -0.2) is 4.98 Å². The van der Waals surface area contributed by atoms with Crippen molar-refractivity contribution < 1.29 is 28.9 Å². The number of thiazole rings is 1. The van der Waals surface area contributed by atoms with Crippen LogP contribution in [0.3, 0.4) is 0 Å². The number of carbonyl (C=O) groups is 2. The highest BCUT2D eigenvalue weighted by Gasteiger charge is 2.48. The van der Waals surface area contributed by atoms with Crippen molar-refractivity contribution in [3.8, 4) is 17.2 Å². The molecule has 0 aliphatic carbocycles. The van der Waals surface area contributed by atoms with Gasteiger partial charge in [0.15, 0.2) is 16.6 Å². The molecule has 1 aliphatic heterocycles. The first-order valence-corrected chi connectivity index (χ1v) is 13.7.